The number of nitro groups is 1. The zero-order chi connectivity index (χ0) is 11.4. The highest BCUT2D eigenvalue weighted by atomic mass is 16.6. The molecule has 82 valence electrons. The van der Waals surface area contributed by atoms with Gasteiger partial charge in [0.25, 0.3) is 5.69 Å². The fourth-order valence-electron chi connectivity index (χ4n) is 1.25. The van der Waals surface area contributed by atoms with Crippen LogP contribution in [0.4, 0.5) is 11.5 Å². The fourth-order valence-corrected chi connectivity index (χ4v) is 1.25. The second-order valence-corrected chi connectivity index (χ2v) is 3.14. The third-order valence-electron chi connectivity index (χ3n) is 2.07. The second kappa shape index (κ2) is 4.70. The Morgan fingerprint density at radius 3 is 2.87 bits per heavy atom. The topological polar surface area (TPSA) is 91.3 Å². The van der Waals surface area contributed by atoms with Crippen LogP contribution in [0.3, 0.4) is 0 Å². The first kappa shape index (κ1) is 11.4. The summed E-state index contributed by atoms with van der Waals surface area (Å²) in [5.74, 6) is 0.329. The minimum atomic E-state index is -0.460. The molecule has 1 aromatic rings. The van der Waals surface area contributed by atoms with Crippen LogP contribution in [0, 0.1) is 17.0 Å². The molecule has 0 atom stereocenters. The molecule has 0 aromatic carbocycles. The van der Waals surface area contributed by atoms with Crippen LogP contribution in [0.5, 0.6) is 0 Å². The van der Waals surface area contributed by atoms with Crippen molar-refractivity contribution in [1.82, 2.24) is 4.98 Å². The summed E-state index contributed by atoms with van der Waals surface area (Å²) >= 11 is 0. The van der Waals surface area contributed by atoms with Crippen molar-refractivity contribution in [3.05, 3.63) is 27.4 Å². The van der Waals surface area contributed by atoms with Crippen molar-refractivity contribution < 1.29 is 9.66 Å². The number of nitrogen functional groups attached to an aromatic ring is 1. The van der Waals surface area contributed by atoms with Crippen LogP contribution in [0.25, 0.3) is 0 Å². The van der Waals surface area contributed by atoms with E-state index in [1.54, 1.807) is 14.0 Å². The van der Waals surface area contributed by atoms with Crippen molar-refractivity contribution in [2.24, 2.45) is 0 Å². The van der Waals surface area contributed by atoms with Crippen LogP contribution < -0.4 is 5.73 Å². The summed E-state index contributed by atoms with van der Waals surface area (Å²) in [6, 6.07) is 1.46. The second-order valence-electron chi connectivity index (χ2n) is 3.14. The molecule has 15 heavy (non-hydrogen) atoms. The van der Waals surface area contributed by atoms with E-state index < -0.39 is 4.92 Å². The monoisotopic (exact) mass is 211 g/mol. The van der Waals surface area contributed by atoms with E-state index in [0.717, 1.165) is 0 Å². The summed E-state index contributed by atoms with van der Waals surface area (Å²) < 4.78 is 4.88. The Balaban J connectivity index is 3.06. The van der Waals surface area contributed by atoms with Gasteiger partial charge in [-0.1, -0.05) is 0 Å². The first-order valence-corrected chi connectivity index (χ1v) is 4.45. The number of nitrogens with two attached hydrogens (primary N) is 1. The largest absolute Gasteiger partial charge is 0.384 e. The average molecular weight is 211 g/mol. The van der Waals surface area contributed by atoms with Crippen molar-refractivity contribution >= 4 is 11.5 Å². The van der Waals surface area contributed by atoms with Crippen LogP contribution >= 0.6 is 0 Å². The molecule has 1 aromatic heterocycles. The van der Waals surface area contributed by atoms with E-state index in [4.69, 9.17) is 10.5 Å². The Labute approximate surface area is 87.2 Å². The van der Waals surface area contributed by atoms with Gasteiger partial charge in [-0.15, -0.1) is 0 Å². The maximum Gasteiger partial charge on any atom is 0.290 e. The zero-order valence-electron chi connectivity index (χ0n) is 8.69. The summed E-state index contributed by atoms with van der Waals surface area (Å²) in [7, 11) is 1.56. The number of pyridine rings is 1. The van der Waals surface area contributed by atoms with Crippen molar-refractivity contribution in [3.8, 4) is 0 Å². The molecule has 0 bridgehead atoms. The first-order chi connectivity index (χ1) is 7.06. The Kier molecular flexibility index (Phi) is 3.56. The van der Waals surface area contributed by atoms with E-state index in [1.807, 2.05) is 0 Å². The number of hydrogen-bond acceptors (Lipinski definition) is 5. The zero-order valence-corrected chi connectivity index (χ0v) is 8.69. The molecule has 0 saturated heterocycles. The van der Waals surface area contributed by atoms with Gasteiger partial charge in [0.1, 0.15) is 11.5 Å². The van der Waals surface area contributed by atoms with Gasteiger partial charge in [-0.3, -0.25) is 10.1 Å². The number of hydrogen-bond donors (Lipinski definition) is 1. The summed E-state index contributed by atoms with van der Waals surface area (Å²) in [6.45, 7) is 2.03. The fraction of sp³-hybridized carbons (Fsp3) is 0.444. The van der Waals surface area contributed by atoms with E-state index in [0.29, 0.717) is 30.1 Å². The van der Waals surface area contributed by atoms with Gasteiger partial charge in [0.05, 0.1) is 11.5 Å². The van der Waals surface area contributed by atoms with Gasteiger partial charge in [0.2, 0.25) is 0 Å². The number of nitrogens with zero attached hydrogens (tertiary/aromatic N) is 2. The SMILES string of the molecule is COCCc1cc([N+](=O)[O-])c(C)nc1N. The molecule has 0 amide bonds. The van der Waals surface area contributed by atoms with Crippen molar-refractivity contribution in [2.45, 2.75) is 13.3 Å². The van der Waals surface area contributed by atoms with Gasteiger partial charge in [0, 0.05) is 18.7 Å². The third-order valence-corrected chi connectivity index (χ3v) is 2.07. The van der Waals surface area contributed by atoms with Crippen molar-refractivity contribution in [3.63, 3.8) is 0 Å². The molecular weight excluding hydrogens is 198 g/mol. The molecule has 6 heteroatoms. The summed E-state index contributed by atoms with van der Waals surface area (Å²) in [6.07, 6.45) is 0.524. The van der Waals surface area contributed by atoms with E-state index >= 15 is 0 Å². The molecule has 0 aliphatic carbocycles. The molecule has 1 heterocycles. The van der Waals surface area contributed by atoms with Crippen LogP contribution in [0.2, 0.25) is 0 Å². The molecule has 2 N–H and O–H groups in total. The first-order valence-electron chi connectivity index (χ1n) is 4.45. The highest BCUT2D eigenvalue weighted by Gasteiger charge is 2.15. The van der Waals surface area contributed by atoms with E-state index in [9.17, 15) is 10.1 Å². The van der Waals surface area contributed by atoms with E-state index in [1.165, 1.54) is 6.07 Å². The van der Waals surface area contributed by atoms with Gasteiger partial charge in [-0.2, -0.15) is 0 Å². The standard InChI is InChI=1S/C9H13N3O3/c1-6-8(12(13)14)5-7(3-4-15-2)9(10)11-6/h5H,3-4H2,1-2H3,(H2,10,11). The highest BCUT2D eigenvalue weighted by molar-refractivity contribution is 5.49. The lowest BCUT2D eigenvalue weighted by molar-refractivity contribution is -0.385. The maximum atomic E-state index is 10.7. The summed E-state index contributed by atoms with van der Waals surface area (Å²) in [5.41, 5.74) is 6.62. The van der Waals surface area contributed by atoms with Gasteiger partial charge < -0.3 is 10.5 Å². The number of methoxy groups -OCH3 is 1. The minimum Gasteiger partial charge on any atom is -0.384 e. The van der Waals surface area contributed by atoms with Gasteiger partial charge >= 0.3 is 0 Å². The third kappa shape index (κ3) is 2.63. The maximum absolute atomic E-state index is 10.7. The van der Waals surface area contributed by atoms with Crippen LogP contribution in [0.15, 0.2) is 6.07 Å². The Morgan fingerprint density at radius 2 is 2.33 bits per heavy atom. The van der Waals surface area contributed by atoms with Gasteiger partial charge in [0.15, 0.2) is 0 Å². The van der Waals surface area contributed by atoms with Crippen molar-refractivity contribution in [1.29, 1.82) is 0 Å². The highest BCUT2D eigenvalue weighted by Crippen LogP contribution is 2.21. The van der Waals surface area contributed by atoms with Crippen LogP contribution in [-0.2, 0) is 11.2 Å². The molecule has 0 saturated carbocycles. The molecule has 0 fully saturated rings. The molecular formula is C9H13N3O3. The predicted molar refractivity (Wildman–Crippen MR) is 55.6 cm³/mol. The normalized spacial score (nSPS) is 10.3. The number of ether oxygens (including phenoxy) is 1. The minimum absolute atomic E-state index is 0.00435. The molecule has 0 radical (unpaired) electrons. The van der Waals surface area contributed by atoms with E-state index in [2.05, 4.69) is 4.98 Å². The number of rotatable bonds is 4. The molecule has 1 rings (SSSR count). The van der Waals surface area contributed by atoms with Crippen LogP contribution in [-0.4, -0.2) is 23.6 Å². The summed E-state index contributed by atoms with van der Waals surface area (Å²) in [4.78, 5) is 14.1. The Morgan fingerprint density at radius 1 is 1.67 bits per heavy atom. The number of aryl methyl sites for hydroxylation is 1. The Bertz CT molecular complexity index is 379. The average Bonchev–Trinajstić information content (AvgIpc) is 2.16. The predicted octanol–water partition coefficient (Wildman–Crippen LogP) is 1.07. The lowest BCUT2D eigenvalue weighted by Crippen LogP contribution is -2.05. The number of aromatic nitrogens is 1. The lowest BCUT2D eigenvalue weighted by atomic mass is 10.1. The van der Waals surface area contributed by atoms with Gasteiger partial charge in [-0.05, 0) is 13.3 Å². The molecule has 0 spiro atoms. The molecule has 0 unspecified atom stereocenters. The lowest BCUT2D eigenvalue weighted by Gasteiger charge is -2.05. The molecule has 0 aliphatic rings. The molecule has 0 aliphatic heterocycles. The Hall–Kier alpha value is -1.69. The van der Waals surface area contributed by atoms with Gasteiger partial charge in [-0.25, -0.2) is 4.98 Å². The molecule has 6 nitrogen and oxygen atoms in total. The number of anilines is 1. The quantitative estimate of drug-likeness (QED) is 0.594. The summed E-state index contributed by atoms with van der Waals surface area (Å²) in [5, 5.41) is 10.7. The van der Waals surface area contributed by atoms with Crippen LogP contribution in [0.1, 0.15) is 11.3 Å². The van der Waals surface area contributed by atoms with Crippen molar-refractivity contribution in [2.75, 3.05) is 19.5 Å². The smallest absolute Gasteiger partial charge is 0.290 e. The van der Waals surface area contributed by atoms with E-state index in [-0.39, 0.29) is 5.69 Å².